The van der Waals surface area contributed by atoms with E-state index >= 15 is 0 Å². The molecule has 2 aromatic rings. The number of hydrogen-bond donors (Lipinski definition) is 0. The molecular formula is C11H11N3O5. The summed E-state index contributed by atoms with van der Waals surface area (Å²) in [5.74, 6) is 1.41. The Labute approximate surface area is 108 Å². The van der Waals surface area contributed by atoms with Gasteiger partial charge in [0.25, 0.3) is 11.6 Å². The van der Waals surface area contributed by atoms with Crippen LogP contribution < -0.4 is 9.47 Å². The summed E-state index contributed by atoms with van der Waals surface area (Å²) in [6.07, 6.45) is 0. The number of methoxy groups -OCH3 is 1. The van der Waals surface area contributed by atoms with Gasteiger partial charge in [0, 0.05) is 6.07 Å². The number of non-ortho nitro benzene ring substituents is 1. The number of nitro benzene ring substituents is 1. The molecule has 1 aromatic heterocycles. The highest BCUT2D eigenvalue weighted by Gasteiger charge is 2.13. The second-order valence-electron chi connectivity index (χ2n) is 3.62. The molecule has 100 valence electrons. The van der Waals surface area contributed by atoms with E-state index in [4.69, 9.17) is 14.0 Å². The molecule has 0 aliphatic carbocycles. The van der Waals surface area contributed by atoms with Crippen molar-refractivity contribution in [3.63, 3.8) is 0 Å². The van der Waals surface area contributed by atoms with Gasteiger partial charge in [0.2, 0.25) is 0 Å². The Morgan fingerprint density at radius 2 is 2.21 bits per heavy atom. The number of nitro groups is 1. The zero-order valence-electron chi connectivity index (χ0n) is 10.3. The normalized spacial score (nSPS) is 10.2. The molecule has 0 N–H and O–H groups in total. The van der Waals surface area contributed by atoms with Crippen LogP contribution in [0.15, 0.2) is 22.7 Å². The summed E-state index contributed by atoms with van der Waals surface area (Å²) in [7, 11) is 1.45. The van der Waals surface area contributed by atoms with Crippen molar-refractivity contribution in [1.82, 2.24) is 10.1 Å². The summed E-state index contributed by atoms with van der Waals surface area (Å²) < 4.78 is 15.3. The van der Waals surface area contributed by atoms with Crippen molar-refractivity contribution < 1.29 is 18.9 Å². The van der Waals surface area contributed by atoms with Crippen molar-refractivity contribution in [1.29, 1.82) is 0 Å². The number of aryl methyl sites for hydroxylation is 1. The molecule has 0 unspecified atom stereocenters. The summed E-state index contributed by atoms with van der Waals surface area (Å²) >= 11 is 0. The van der Waals surface area contributed by atoms with E-state index in [1.165, 1.54) is 25.3 Å². The molecule has 1 heterocycles. The zero-order valence-corrected chi connectivity index (χ0v) is 10.3. The molecule has 0 aliphatic rings. The van der Waals surface area contributed by atoms with Crippen molar-refractivity contribution >= 4 is 5.69 Å². The maximum atomic E-state index is 10.7. The molecule has 0 amide bonds. The fourth-order valence-corrected chi connectivity index (χ4v) is 1.43. The summed E-state index contributed by atoms with van der Waals surface area (Å²) in [4.78, 5) is 14.1. The molecule has 1 aromatic carbocycles. The zero-order chi connectivity index (χ0) is 13.8. The van der Waals surface area contributed by atoms with Crippen molar-refractivity contribution in [2.45, 2.75) is 13.5 Å². The Bertz CT molecular complexity index is 596. The van der Waals surface area contributed by atoms with Crippen LogP contribution in [0.1, 0.15) is 11.7 Å². The van der Waals surface area contributed by atoms with E-state index in [0.717, 1.165) is 0 Å². The second-order valence-corrected chi connectivity index (χ2v) is 3.62. The summed E-state index contributed by atoms with van der Waals surface area (Å²) in [5, 5.41) is 14.3. The Morgan fingerprint density at radius 3 is 2.79 bits per heavy atom. The summed E-state index contributed by atoms with van der Waals surface area (Å²) in [6, 6.07) is 4.08. The first kappa shape index (κ1) is 12.8. The highest BCUT2D eigenvalue weighted by atomic mass is 16.6. The molecular weight excluding hydrogens is 254 g/mol. The highest BCUT2D eigenvalue weighted by molar-refractivity contribution is 5.48. The molecule has 0 radical (unpaired) electrons. The third-order valence-electron chi connectivity index (χ3n) is 2.28. The standard InChI is InChI=1S/C11H11N3O5/c1-7-12-11(19-13-7)6-18-10-5-8(14(15)16)3-4-9(10)17-2/h3-5H,6H2,1-2H3. The van der Waals surface area contributed by atoms with Crippen molar-refractivity contribution in [3.8, 4) is 11.5 Å². The van der Waals surface area contributed by atoms with E-state index in [0.29, 0.717) is 11.6 Å². The lowest BCUT2D eigenvalue weighted by Gasteiger charge is -2.08. The molecule has 0 aliphatic heterocycles. The number of nitrogens with zero attached hydrogens (tertiary/aromatic N) is 3. The summed E-state index contributed by atoms with van der Waals surface area (Å²) in [6.45, 7) is 1.69. The Morgan fingerprint density at radius 1 is 1.42 bits per heavy atom. The van der Waals surface area contributed by atoms with Gasteiger partial charge >= 0.3 is 0 Å². The van der Waals surface area contributed by atoms with Crippen LogP contribution in [0, 0.1) is 17.0 Å². The molecule has 0 spiro atoms. The van der Waals surface area contributed by atoms with E-state index in [2.05, 4.69) is 10.1 Å². The fourth-order valence-electron chi connectivity index (χ4n) is 1.43. The maximum absolute atomic E-state index is 10.7. The molecule has 19 heavy (non-hydrogen) atoms. The number of rotatable bonds is 5. The lowest BCUT2D eigenvalue weighted by molar-refractivity contribution is -0.385. The van der Waals surface area contributed by atoms with E-state index in [9.17, 15) is 10.1 Å². The van der Waals surface area contributed by atoms with Crippen molar-refractivity contribution in [2.75, 3.05) is 7.11 Å². The third-order valence-corrected chi connectivity index (χ3v) is 2.28. The van der Waals surface area contributed by atoms with Crippen molar-refractivity contribution in [3.05, 3.63) is 40.0 Å². The molecule has 0 bridgehead atoms. The van der Waals surface area contributed by atoms with Crippen LogP contribution in [0.5, 0.6) is 11.5 Å². The Kier molecular flexibility index (Phi) is 3.60. The van der Waals surface area contributed by atoms with E-state index in [1.807, 2.05) is 0 Å². The molecule has 8 heteroatoms. The molecule has 0 fully saturated rings. The van der Waals surface area contributed by atoms with Crippen LogP contribution in [0.25, 0.3) is 0 Å². The average Bonchev–Trinajstić information content (AvgIpc) is 2.81. The lowest BCUT2D eigenvalue weighted by Crippen LogP contribution is -1.99. The van der Waals surface area contributed by atoms with Crippen LogP contribution >= 0.6 is 0 Å². The molecule has 0 saturated carbocycles. The lowest BCUT2D eigenvalue weighted by atomic mass is 10.3. The first-order chi connectivity index (χ1) is 9.10. The number of hydrogen-bond acceptors (Lipinski definition) is 7. The third kappa shape index (κ3) is 2.97. The molecule has 0 atom stereocenters. The highest BCUT2D eigenvalue weighted by Crippen LogP contribution is 2.31. The van der Waals surface area contributed by atoms with Crippen molar-refractivity contribution in [2.24, 2.45) is 0 Å². The van der Waals surface area contributed by atoms with Gasteiger partial charge in [-0.3, -0.25) is 10.1 Å². The van der Waals surface area contributed by atoms with Crippen LogP contribution in [0.2, 0.25) is 0 Å². The van der Waals surface area contributed by atoms with Gasteiger partial charge in [0.1, 0.15) is 0 Å². The first-order valence-electron chi connectivity index (χ1n) is 5.34. The fraction of sp³-hybridized carbons (Fsp3) is 0.273. The average molecular weight is 265 g/mol. The Hall–Kier alpha value is -2.64. The molecule has 0 saturated heterocycles. The van der Waals surface area contributed by atoms with Crippen LogP contribution in [0.3, 0.4) is 0 Å². The van der Waals surface area contributed by atoms with Crippen LogP contribution in [-0.2, 0) is 6.61 Å². The van der Waals surface area contributed by atoms with E-state index in [-0.39, 0.29) is 23.9 Å². The second kappa shape index (κ2) is 5.34. The van der Waals surface area contributed by atoms with Gasteiger partial charge in [0.05, 0.1) is 18.1 Å². The van der Waals surface area contributed by atoms with Gasteiger partial charge in [-0.05, 0) is 13.0 Å². The predicted molar refractivity (Wildman–Crippen MR) is 63.0 cm³/mol. The minimum Gasteiger partial charge on any atom is -0.493 e. The topological polar surface area (TPSA) is 101 Å². The smallest absolute Gasteiger partial charge is 0.273 e. The van der Waals surface area contributed by atoms with Gasteiger partial charge in [-0.1, -0.05) is 5.16 Å². The maximum Gasteiger partial charge on any atom is 0.273 e. The van der Waals surface area contributed by atoms with Gasteiger partial charge in [-0.15, -0.1) is 0 Å². The molecule has 2 rings (SSSR count). The van der Waals surface area contributed by atoms with E-state index in [1.54, 1.807) is 6.92 Å². The largest absolute Gasteiger partial charge is 0.493 e. The monoisotopic (exact) mass is 265 g/mol. The van der Waals surface area contributed by atoms with Crippen LogP contribution in [-0.4, -0.2) is 22.2 Å². The SMILES string of the molecule is COc1ccc([N+](=O)[O-])cc1OCc1nc(C)no1. The summed E-state index contributed by atoms with van der Waals surface area (Å²) in [5.41, 5.74) is -0.0856. The number of ether oxygens (including phenoxy) is 2. The predicted octanol–water partition coefficient (Wildman–Crippen LogP) is 1.87. The minimum absolute atomic E-state index is 0.0123. The molecule has 8 nitrogen and oxygen atoms in total. The van der Waals surface area contributed by atoms with Gasteiger partial charge in [0.15, 0.2) is 23.9 Å². The van der Waals surface area contributed by atoms with E-state index < -0.39 is 4.92 Å². The van der Waals surface area contributed by atoms with Crippen LogP contribution in [0.4, 0.5) is 5.69 Å². The minimum atomic E-state index is -0.511. The quantitative estimate of drug-likeness (QED) is 0.600. The number of benzene rings is 1. The van der Waals surface area contributed by atoms with Gasteiger partial charge in [-0.2, -0.15) is 4.98 Å². The Balaban J connectivity index is 2.17. The first-order valence-corrected chi connectivity index (χ1v) is 5.34. The van der Waals surface area contributed by atoms with Gasteiger partial charge < -0.3 is 14.0 Å². The number of aromatic nitrogens is 2. The van der Waals surface area contributed by atoms with Gasteiger partial charge in [-0.25, -0.2) is 0 Å².